The number of carbonyl (C=O) groups is 2. The molecule has 2 aromatic rings. The number of carbonyl (C=O) groups excluding carboxylic acids is 2. The number of anilines is 1. The molecule has 7 nitrogen and oxygen atoms in total. The van der Waals surface area contributed by atoms with Crippen LogP contribution < -0.4 is 9.62 Å². The van der Waals surface area contributed by atoms with Crippen LogP contribution >= 0.6 is 23.2 Å². The Balaban J connectivity index is 2.24. The van der Waals surface area contributed by atoms with Gasteiger partial charge in [0, 0.05) is 26.1 Å². The number of nitrogens with zero attached hydrogens (tertiary/aromatic N) is 2. The van der Waals surface area contributed by atoms with Crippen molar-refractivity contribution in [2.24, 2.45) is 0 Å². The highest BCUT2D eigenvalue weighted by Gasteiger charge is 2.29. The van der Waals surface area contributed by atoms with Crippen LogP contribution in [0.5, 0.6) is 0 Å². The fourth-order valence-electron chi connectivity index (χ4n) is 3.76. The molecule has 0 aliphatic heterocycles. The summed E-state index contributed by atoms with van der Waals surface area (Å²) < 4.78 is 39.9. The van der Waals surface area contributed by atoms with Crippen LogP contribution in [0.3, 0.4) is 0 Å². The predicted molar refractivity (Wildman–Crippen MR) is 142 cm³/mol. The largest absolute Gasteiger partial charge is 0.354 e. The maximum Gasteiger partial charge on any atom is 0.242 e. The monoisotopic (exact) mass is 559 g/mol. The molecular weight excluding hydrogens is 528 g/mol. The van der Waals surface area contributed by atoms with Gasteiger partial charge in [-0.2, -0.15) is 0 Å². The topological polar surface area (TPSA) is 86.8 Å². The normalized spacial score (nSPS) is 12.2. The van der Waals surface area contributed by atoms with Crippen LogP contribution in [0.1, 0.15) is 45.1 Å². The highest BCUT2D eigenvalue weighted by atomic mass is 35.5. The Kier molecular flexibility index (Phi) is 11.5. The Bertz CT molecular complexity index is 1160. The highest BCUT2D eigenvalue weighted by molar-refractivity contribution is 7.92. The summed E-state index contributed by atoms with van der Waals surface area (Å²) in [5, 5.41) is 3.54. The first-order valence-corrected chi connectivity index (χ1v) is 14.3. The van der Waals surface area contributed by atoms with Gasteiger partial charge >= 0.3 is 0 Å². The van der Waals surface area contributed by atoms with Gasteiger partial charge in [0.2, 0.25) is 21.8 Å². The van der Waals surface area contributed by atoms with E-state index in [1.807, 2.05) is 13.8 Å². The molecule has 0 aromatic heterocycles. The lowest BCUT2D eigenvalue weighted by Crippen LogP contribution is -2.49. The number of hydrogen-bond acceptors (Lipinski definition) is 4. The van der Waals surface area contributed by atoms with Crippen LogP contribution in [-0.2, 0) is 26.2 Å². The molecule has 198 valence electrons. The molecule has 36 heavy (non-hydrogen) atoms. The maximum absolute atomic E-state index is 14.3. The second-order valence-corrected chi connectivity index (χ2v) is 11.1. The summed E-state index contributed by atoms with van der Waals surface area (Å²) in [6, 6.07) is 9.84. The number of rotatable bonds is 13. The zero-order chi connectivity index (χ0) is 26.9. The van der Waals surface area contributed by atoms with Crippen molar-refractivity contribution in [3.8, 4) is 0 Å². The lowest BCUT2D eigenvalue weighted by Gasteiger charge is -2.31. The van der Waals surface area contributed by atoms with Crippen LogP contribution in [0.4, 0.5) is 10.1 Å². The third-order valence-corrected chi connectivity index (χ3v) is 7.46. The fraction of sp³-hybridized carbons (Fsp3) is 0.440. The first kappa shape index (κ1) is 29.9. The molecule has 0 unspecified atom stereocenters. The van der Waals surface area contributed by atoms with E-state index in [0.29, 0.717) is 28.6 Å². The molecule has 1 N–H and O–H groups in total. The van der Waals surface area contributed by atoms with Gasteiger partial charge in [0.15, 0.2) is 0 Å². The van der Waals surface area contributed by atoms with Gasteiger partial charge in [-0.05, 0) is 49.1 Å². The van der Waals surface area contributed by atoms with Crippen LogP contribution in [0.2, 0.25) is 10.0 Å². The quantitative estimate of drug-likeness (QED) is 0.373. The molecule has 0 saturated heterocycles. The number of benzene rings is 2. The molecule has 0 aliphatic rings. The molecule has 2 aromatic carbocycles. The van der Waals surface area contributed by atoms with Gasteiger partial charge in [-0.3, -0.25) is 13.9 Å². The second kappa shape index (κ2) is 13.8. The molecule has 0 spiro atoms. The van der Waals surface area contributed by atoms with Crippen LogP contribution in [0.15, 0.2) is 42.5 Å². The Morgan fingerprint density at radius 1 is 1.08 bits per heavy atom. The van der Waals surface area contributed by atoms with E-state index in [1.165, 1.54) is 23.1 Å². The molecule has 0 radical (unpaired) electrons. The Morgan fingerprint density at radius 3 is 2.36 bits per heavy atom. The van der Waals surface area contributed by atoms with Gasteiger partial charge in [0.1, 0.15) is 11.9 Å². The van der Waals surface area contributed by atoms with Crippen molar-refractivity contribution in [2.75, 3.05) is 23.7 Å². The molecular formula is C25H32Cl2FN3O4S. The van der Waals surface area contributed by atoms with Crippen molar-refractivity contribution in [2.45, 2.75) is 52.1 Å². The SMILES string of the molecule is CCCNC(=O)[C@@H](CC)N(Cc1ccc(Cl)c(Cl)c1)C(=O)CCCN(c1ccccc1F)S(C)(=O)=O. The molecule has 0 bridgehead atoms. The van der Waals surface area contributed by atoms with Crippen molar-refractivity contribution < 1.29 is 22.4 Å². The van der Waals surface area contributed by atoms with Gasteiger partial charge in [-0.15, -0.1) is 0 Å². The number of sulfonamides is 1. The minimum absolute atomic E-state index is 0.0423. The third kappa shape index (κ3) is 8.35. The van der Waals surface area contributed by atoms with Crippen molar-refractivity contribution in [1.29, 1.82) is 0 Å². The van der Waals surface area contributed by atoms with Gasteiger partial charge in [-0.25, -0.2) is 12.8 Å². The number of hydrogen-bond donors (Lipinski definition) is 1. The van der Waals surface area contributed by atoms with Crippen LogP contribution in [0, 0.1) is 5.82 Å². The van der Waals surface area contributed by atoms with Crippen molar-refractivity contribution in [1.82, 2.24) is 10.2 Å². The van der Waals surface area contributed by atoms with Gasteiger partial charge in [0.05, 0.1) is 22.0 Å². The van der Waals surface area contributed by atoms with E-state index in [4.69, 9.17) is 23.2 Å². The molecule has 0 fully saturated rings. The maximum atomic E-state index is 14.3. The minimum atomic E-state index is -3.78. The lowest BCUT2D eigenvalue weighted by molar-refractivity contribution is -0.141. The van der Waals surface area contributed by atoms with Crippen molar-refractivity contribution in [3.63, 3.8) is 0 Å². The molecule has 2 amide bonds. The summed E-state index contributed by atoms with van der Waals surface area (Å²) in [4.78, 5) is 27.7. The lowest BCUT2D eigenvalue weighted by atomic mass is 10.1. The van der Waals surface area contributed by atoms with Gasteiger partial charge in [-0.1, -0.05) is 55.2 Å². The molecule has 0 heterocycles. The summed E-state index contributed by atoms with van der Waals surface area (Å²) in [5.41, 5.74) is 0.620. The number of amides is 2. The molecule has 0 aliphatic carbocycles. The number of para-hydroxylation sites is 1. The van der Waals surface area contributed by atoms with E-state index in [0.717, 1.165) is 17.0 Å². The first-order valence-electron chi connectivity index (χ1n) is 11.7. The van der Waals surface area contributed by atoms with E-state index in [9.17, 15) is 22.4 Å². The Labute approximate surface area is 222 Å². The van der Waals surface area contributed by atoms with E-state index >= 15 is 0 Å². The summed E-state index contributed by atoms with van der Waals surface area (Å²) in [6.45, 7) is 4.26. The van der Waals surface area contributed by atoms with E-state index < -0.39 is 21.9 Å². The Morgan fingerprint density at radius 2 is 1.78 bits per heavy atom. The average Bonchev–Trinajstić information content (AvgIpc) is 2.82. The van der Waals surface area contributed by atoms with Crippen molar-refractivity contribution >= 4 is 50.7 Å². The smallest absolute Gasteiger partial charge is 0.242 e. The fourth-order valence-corrected chi connectivity index (χ4v) is 5.04. The minimum Gasteiger partial charge on any atom is -0.354 e. The standard InChI is InChI=1S/C25H32Cl2FN3O4S/c1-4-14-29-25(33)22(5-2)30(17-18-12-13-19(26)20(27)16-18)24(32)11-8-15-31(36(3,34)35)23-10-7-6-9-21(23)28/h6-7,9-10,12-13,16,22H,4-5,8,11,14-15,17H2,1-3H3,(H,29,33)/t22-/m1/s1. The Hall–Kier alpha value is -2.36. The molecule has 1 atom stereocenters. The summed E-state index contributed by atoms with van der Waals surface area (Å²) in [5.74, 6) is -1.27. The first-order chi connectivity index (χ1) is 17.0. The summed E-state index contributed by atoms with van der Waals surface area (Å²) in [7, 11) is -3.78. The van der Waals surface area contributed by atoms with Gasteiger partial charge in [0.25, 0.3) is 0 Å². The highest BCUT2D eigenvalue weighted by Crippen LogP contribution is 2.25. The number of halogens is 3. The van der Waals surface area contributed by atoms with E-state index in [1.54, 1.807) is 24.3 Å². The summed E-state index contributed by atoms with van der Waals surface area (Å²) >= 11 is 12.2. The zero-order valence-corrected chi connectivity index (χ0v) is 23.0. The number of nitrogens with one attached hydrogen (secondary N) is 1. The van der Waals surface area contributed by atoms with E-state index in [2.05, 4.69) is 5.32 Å². The van der Waals surface area contributed by atoms with Gasteiger partial charge < -0.3 is 10.2 Å². The van der Waals surface area contributed by atoms with E-state index in [-0.39, 0.29) is 43.4 Å². The van der Waals surface area contributed by atoms with Crippen LogP contribution in [0.25, 0.3) is 0 Å². The predicted octanol–water partition coefficient (Wildman–Crippen LogP) is 5.01. The summed E-state index contributed by atoms with van der Waals surface area (Å²) in [6.07, 6.45) is 2.21. The zero-order valence-electron chi connectivity index (χ0n) is 20.6. The average molecular weight is 561 g/mol. The third-order valence-electron chi connectivity index (χ3n) is 5.55. The molecule has 0 saturated carbocycles. The molecule has 2 rings (SSSR count). The second-order valence-electron chi connectivity index (χ2n) is 8.38. The molecule has 11 heteroatoms. The van der Waals surface area contributed by atoms with Crippen molar-refractivity contribution in [3.05, 3.63) is 63.9 Å². The van der Waals surface area contributed by atoms with Crippen LogP contribution in [-0.4, -0.2) is 50.5 Å².